The van der Waals surface area contributed by atoms with E-state index in [9.17, 15) is 18.8 Å². The molecular formula is C17H22FNO5. The molecule has 0 bridgehead atoms. The van der Waals surface area contributed by atoms with Crippen molar-refractivity contribution in [1.29, 1.82) is 0 Å². The first kappa shape index (κ1) is 19.6. The van der Waals surface area contributed by atoms with Crippen molar-refractivity contribution in [3.8, 4) is 5.75 Å². The Kier molecular flexibility index (Phi) is 7.88. The molecule has 0 aliphatic rings. The molecule has 0 aliphatic carbocycles. The van der Waals surface area contributed by atoms with Crippen LogP contribution in [-0.4, -0.2) is 35.9 Å². The zero-order chi connectivity index (χ0) is 18.1. The van der Waals surface area contributed by atoms with Crippen LogP contribution in [0.4, 0.5) is 4.39 Å². The molecule has 0 saturated heterocycles. The van der Waals surface area contributed by atoms with E-state index < -0.39 is 29.5 Å². The second-order valence-corrected chi connectivity index (χ2v) is 5.37. The number of aliphatic carboxylic acids is 1. The Bertz CT molecular complexity index is 603. The van der Waals surface area contributed by atoms with Gasteiger partial charge in [0.25, 0.3) is 0 Å². The van der Waals surface area contributed by atoms with E-state index in [-0.39, 0.29) is 24.2 Å². The van der Waals surface area contributed by atoms with Crippen molar-refractivity contribution < 1.29 is 28.6 Å². The van der Waals surface area contributed by atoms with Crippen molar-refractivity contribution in [3.63, 3.8) is 0 Å². The van der Waals surface area contributed by atoms with E-state index in [1.54, 1.807) is 0 Å². The first-order valence-corrected chi connectivity index (χ1v) is 7.78. The first-order valence-electron chi connectivity index (χ1n) is 7.78. The van der Waals surface area contributed by atoms with Crippen LogP contribution in [0, 0.1) is 5.82 Å². The van der Waals surface area contributed by atoms with Crippen molar-refractivity contribution in [2.45, 2.75) is 45.1 Å². The lowest BCUT2D eigenvalue weighted by Gasteiger charge is -2.13. The SMILES string of the molecule is CCCCC(NC(=O)CCC(=O)c1ccc(OC)c(F)c1)C(=O)O. The van der Waals surface area contributed by atoms with Gasteiger partial charge in [0, 0.05) is 18.4 Å². The fourth-order valence-electron chi connectivity index (χ4n) is 2.14. The van der Waals surface area contributed by atoms with E-state index >= 15 is 0 Å². The molecule has 1 aromatic carbocycles. The molecule has 0 heterocycles. The molecule has 6 nitrogen and oxygen atoms in total. The molecule has 1 aromatic rings. The van der Waals surface area contributed by atoms with Crippen LogP contribution in [0.5, 0.6) is 5.75 Å². The Morgan fingerprint density at radius 1 is 1.29 bits per heavy atom. The maximum atomic E-state index is 13.6. The van der Waals surface area contributed by atoms with Gasteiger partial charge < -0.3 is 15.2 Å². The van der Waals surface area contributed by atoms with Gasteiger partial charge >= 0.3 is 5.97 Å². The van der Waals surface area contributed by atoms with Gasteiger partial charge in [0.1, 0.15) is 6.04 Å². The Morgan fingerprint density at radius 2 is 2.00 bits per heavy atom. The number of rotatable bonds is 10. The number of carbonyl (C=O) groups excluding carboxylic acids is 2. The highest BCUT2D eigenvalue weighted by molar-refractivity contribution is 5.98. The van der Waals surface area contributed by atoms with Crippen LogP contribution in [0.3, 0.4) is 0 Å². The zero-order valence-corrected chi connectivity index (χ0v) is 13.8. The summed E-state index contributed by atoms with van der Waals surface area (Å²) in [5.74, 6) is -2.63. The molecule has 0 spiro atoms. The molecule has 1 rings (SSSR count). The number of unbranched alkanes of at least 4 members (excludes halogenated alkanes) is 1. The Morgan fingerprint density at radius 3 is 2.54 bits per heavy atom. The molecule has 2 N–H and O–H groups in total. The highest BCUT2D eigenvalue weighted by Gasteiger charge is 2.20. The van der Waals surface area contributed by atoms with Crippen LogP contribution in [0.2, 0.25) is 0 Å². The third kappa shape index (κ3) is 5.98. The molecule has 1 unspecified atom stereocenters. The number of benzene rings is 1. The lowest BCUT2D eigenvalue weighted by atomic mass is 10.1. The number of amides is 1. The van der Waals surface area contributed by atoms with Gasteiger partial charge in [0.2, 0.25) is 5.91 Å². The summed E-state index contributed by atoms with van der Waals surface area (Å²) in [5.41, 5.74) is 0.141. The van der Waals surface area contributed by atoms with Crippen LogP contribution < -0.4 is 10.1 Å². The summed E-state index contributed by atoms with van der Waals surface area (Å²) < 4.78 is 18.3. The molecule has 1 amide bonds. The van der Waals surface area contributed by atoms with Gasteiger partial charge in [-0.15, -0.1) is 0 Å². The molecule has 0 saturated carbocycles. The smallest absolute Gasteiger partial charge is 0.326 e. The number of ether oxygens (including phenoxy) is 1. The summed E-state index contributed by atoms with van der Waals surface area (Å²) in [5, 5.41) is 11.5. The van der Waals surface area contributed by atoms with Crippen LogP contribution in [0.15, 0.2) is 18.2 Å². The predicted molar refractivity (Wildman–Crippen MR) is 85.6 cm³/mol. The van der Waals surface area contributed by atoms with Gasteiger partial charge in [0.15, 0.2) is 17.3 Å². The van der Waals surface area contributed by atoms with E-state index in [0.29, 0.717) is 12.8 Å². The number of ketones is 1. The third-order valence-corrected chi connectivity index (χ3v) is 3.53. The number of hydrogen-bond acceptors (Lipinski definition) is 4. The van der Waals surface area contributed by atoms with Gasteiger partial charge in [-0.3, -0.25) is 9.59 Å². The standard InChI is InChI=1S/C17H22FNO5/c1-3-4-5-13(17(22)23)19-16(21)9-7-14(20)11-6-8-15(24-2)12(18)10-11/h6,8,10,13H,3-5,7,9H2,1-2H3,(H,19,21)(H,22,23). The Hall–Kier alpha value is -2.44. The maximum absolute atomic E-state index is 13.6. The number of Topliss-reactive ketones (excluding diaryl/α,β-unsaturated/α-hetero) is 1. The number of nitrogens with one attached hydrogen (secondary N) is 1. The Labute approximate surface area is 140 Å². The summed E-state index contributed by atoms with van der Waals surface area (Å²) in [4.78, 5) is 34.9. The Balaban J connectivity index is 2.55. The minimum atomic E-state index is -1.10. The van der Waals surface area contributed by atoms with Gasteiger partial charge in [0.05, 0.1) is 7.11 Å². The second kappa shape index (κ2) is 9.64. The molecular weight excluding hydrogens is 317 g/mol. The minimum absolute atomic E-state index is 0.0320. The minimum Gasteiger partial charge on any atom is -0.494 e. The van der Waals surface area contributed by atoms with E-state index in [0.717, 1.165) is 12.5 Å². The lowest BCUT2D eigenvalue weighted by molar-refractivity contribution is -0.142. The van der Waals surface area contributed by atoms with Crippen LogP contribution in [-0.2, 0) is 9.59 Å². The second-order valence-electron chi connectivity index (χ2n) is 5.37. The van der Waals surface area contributed by atoms with Crippen LogP contribution in [0.1, 0.15) is 49.4 Å². The molecule has 0 aliphatic heterocycles. The molecule has 132 valence electrons. The van der Waals surface area contributed by atoms with Gasteiger partial charge in [-0.2, -0.15) is 0 Å². The van der Waals surface area contributed by atoms with E-state index in [1.807, 2.05) is 6.92 Å². The summed E-state index contributed by atoms with van der Waals surface area (Å²) in [6, 6.07) is 2.86. The largest absolute Gasteiger partial charge is 0.494 e. The molecule has 1 atom stereocenters. The van der Waals surface area contributed by atoms with Crippen molar-refractivity contribution in [1.82, 2.24) is 5.32 Å². The van der Waals surface area contributed by atoms with Crippen molar-refractivity contribution in [3.05, 3.63) is 29.6 Å². The molecule has 0 radical (unpaired) electrons. The average Bonchev–Trinajstić information content (AvgIpc) is 2.55. The van der Waals surface area contributed by atoms with E-state index in [1.165, 1.54) is 19.2 Å². The zero-order valence-electron chi connectivity index (χ0n) is 13.8. The maximum Gasteiger partial charge on any atom is 0.326 e. The summed E-state index contributed by atoms with van der Waals surface area (Å²) in [6.45, 7) is 1.92. The fourth-order valence-corrected chi connectivity index (χ4v) is 2.14. The van der Waals surface area contributed by atoms with Gasteiger partial charge in [-0.1, -0.05) is 19.8 Å². The van der Waals surface area contributed by atoms with Crippen LogP contribution >= 0.6 is 0 Å². The number of carboxylic acid groups (broad SMARTS) is 1. The van der Waals surface area contributed by atoms with Crippen molar-refractivity contribution >= 4 is 17.7 Å². The van der Waals surface area contributed by atoms with Gasteiger partial charge in [-0.25, -0.2) is 9.18 Å². The number of halogens is 1. The number of methoxy groups -OCH3 is 1. The third-order valence-electron chi connectivity index (χ3n) is 3.53. The molecule has 0 fully saturated rings. The highest BCUT2D eigenvalue weighted by Crippen LogP contribution is 2.18. The van der Waals surface area contributed by atoms with Gasteiger partial charge in [-0.05, 0) is 24.6 Å². The highest BCUT2D eigenvalue weighted by atomic mass is 19.1. The first-order chi connectivity index (χ1) is 11.4. The predicted octanol–water partition coefficient (Wildman–Crippen LogP) is 2.56. The summed E-state index contributed by atoms with van der Waals surface area (Å²) >= 11 is 0. The topological polar surface area (TPSA) is 92.7 Å². The number of carboxylic acids is 1. The average molecular weight is 339 g/mol. The van der Waals surface area contributed by atoms with Crippen LogP contribution in [0.25, 0.3) is 0 Å². The van der Waals surface area contributed by atoms with Crippen molar-refractivity contribution in [2.75, 3.05) is 7.11 Å². The number of hydrogen-bond donors (Lipinski definition) is 2. The summed E-state index contributed by atoms with van der Waals surface area (Å²) in [7, 11) is 1.32. The fraction of sp³-hybridized carbons (Fsp3) is 0.471. The molecule has 7 heteroatoms. The summed E-state index contributed by atoms with van der Waals surface area (Å²) in [6.07, 6.45) is 1.57. The normalized spacial score (nSPS) is 11.6. The lowest BCUT2D eigenvalue weighted by Crippen LogP contribution is -2.40. The van der Waals surface area contributed by atoms with E-state index in [2.05, 4.69) is 5.32 Å². The molecule has 0 aromatic heterocycles. The quantitative estimate of drug-likeness (QED) is 0.639. The number of carbonyl (C=O) groups is 3. The monoisotopic (exact) mass is 339 g/mol. The molecule has 24 heavy (non-hydrogen) atoms. The van der Waals surface area contributed by atoms with E-state index in [4.69, 9.17) is 9.84 Å². The van der Waals surface area contributed by atoms with Crippen molar-refractivity contribution in [2.24, 2.45) is 0 Å².